The Morgan fingerprint density at radius 1 is 0.778 bits per heavy atom. The summed E-state index contributed by atoms with van der Waals surface area (Å²) in [6.07, 6.45) is 4.98. The summed E-state index contributed by atoms with van der Waals surface area (Å²) in [6, 6.07) is 8.30. The van der Waals surface area contributed by atoms with Crippen LogP contribution in [0.5, 0.6) is 23.0 Å². The lowest BCUT2D eigenvalue weighted by molar-refractivity contribution is -0.135. The predicted molar refractivity (Wildman–Crippen MR) is 97.3 cm³/mol. The number of aromatic hydroxyl groups is 4. The normalized spacial score (nSPS) is 10.4. The maximum Gasteiger partial charge on any atom is 0.330 e. The summed E-state index contributed by atoms with van der Waals surface area (Å²) < 4.78 is 4.39. The van der Waals surface area contributed by atoms with E-state index < -0.39 is 11.9 Å². The van der Waals surface area contributed by atoms with Crippen molar-refractivity contribution >= 4 is 24.1 Å². The van der Waals surface area contributed by atoms with E-state index in [4.69, 9.17) is 25.5 Å². The molecule has 0 aliphatic rings. The van der Waals surface area contributed by atoms with Crippen molar-refractivity contribution in [2.24, 2.45) is 0 Å². The van der Waals surface area contributed by atoms with Crippen LogP contribution in [0, 0.1) is 0 Å². The fourth-order valence-electron chi connectivity index (χ4n) is 1.69. The van der Waals surface area contributed by atoms with E-state index in [-0.39, 0.29) is 23.0 Å². The third-order valence-corrected chi connectivity index (χ3v) is 3.03. The summed E-state index contributed by atoms with van der Waals surface area (Å²) in [5.41, 5.74) is 1.11. The Labute approximate surface area is 154 Å². The summed E-state index contributed by atoms with van der Waals surface area (Å²) in [6.45, 7) is 0. The van der Waals surface area contributed by atoms with Crippen LogP contribution in [0.3, 0.4) is 0 Å². The number of methoxy groups -OCH3 is 1. The highest BCUT2D eigenvalue weighted by Gasteiger charge is 1.99. The number of phenolic OH excluding ortho intramolecular Hbond substituents is 4. The molecule has 8 nitrogen and oxygen atoms in total. The van der Waals surface area contributed by atoms with Crippen LogP contribution in [-0.2, 0) is 14.3 Å². The fourth-order valence-corrected chi connectivity index (χ4v) is 1.69. The predicted octanol–water partition coefficient (Wildman–Crippen LogP) is 2.48. The van der Waals surface area contributed by atoms with Gasteiger partial charge in [0.1, 0.15) is 0 Å². The van der Waals surface area contributed by atoms with Crippen molar-refractivity contribution in [2.75, 3.05) is 7.11 Å². The van der Waals surface area contributed by atoms with Crippen LogP contribution < -0.4 is 0 Å². The van der Waals surface area contributed by atoms with Crippen molar-refractivity contribution in [3.63, 3.8) is 0 Å². The van der Waals surface area contributed by atoms with Crippen molar-refractivity contribution in [1.29, 1.82) is 0 Å². The molecular formula is C19H18O8. The number of aliphatic carboxylic acids is 1. The lowest BCUT2D eigenvalue weighted by Crippen LogP contribution is -1.93. The zero-order valence-corrected chi connectivity index (χ0v) is 14.2. The molecular weight excluding hydrogens is 356 g/mol. The molecule has 5 N–H and O–H groups in total. The zero-order valence-electron chi connectivity index (χ0n) is 14.2. The fraction of sp³-hybridized carbons (Fsp3) is 0.0526. The van der Waals surface area contributed by atoms with E-state index in [1.165, 1.54) is 55.7 Å². The summed E-state index contributed by atoms with van der Waals surface area (Å²) in [5, 5.41) is 44.4. The number of carboxylic acid groups (broad SMARTS) is 1. The van der Waals surface area contributed by atoms with E-state index in [9.17, 15) is 9.59 Å². The summed E-state index contributed by atoms with van der Waals surface area (Å²) in [7, 11) is 1.28. The Bertz CT molecular complexity index is 868. The molecule has 0 amide bonds. The van der Waals surface area contributed by atoms with Crippen molar-refractivity contribution in [3.8, 4) is 23.0 Å². The molecule has 0 spiro atoms. The van der Waals surface area contributed by atoms with Gasteiger partial charge in [0, 0.05) is 12.2 Å². The topological polar surface area (TPSA) is 145 Å². The highest BCUT2D eigenvalue weighted by Crippen LogP contribution is 2.26. The number of benzene rings is 2. The minimum atomic E-state index is -1.06. The van der Waals surface area contributed by atoms with Crippen LogP contribution in [0.15, 0.2) is 48.6 Å². The Hall–Kier alpha value is -3.94. The molecule has 0 radical (unpaired) electrons. The molecule has 0 saturated heterocycles. The highest BCUT2D eigenvalue weighted by atomic mass is 16.5. The van der Waals surface area contributed by atoms with Crippen molar-refractivity contribution in [3.05, 3.63) is 59.7 Å². The lowest BCUT2D eigenvalue weighted by atomic mass is 10.2. The minimum absolute atomic E-state index is 0.194. The van der Waals surface area contributed by atoms with Gasteiger partial charge < -0.3 is 30.3 Å². The largest absolute Gasteiger partial charge is 0.504 e. The molecule has 2 aromatic rings. The second-order valence-electron chi connectivity index (χ2n) is 5.02. The number of carbonyl (C=O) groups excluding carboxylic acids is 1. The summed E-state index contributed by atoms with van der Waals surface area (Å²) in [5.74, 6) is -2.46. The van der Waals surface area contributed by atoms with Crippen LogP contribution in [0.25, 0.3) is 12.2 Å². The van der Waals surface area contributed by atoms with Crippen LogP contribution >= 0.6 is 0 Å². The Kier molecular flexibility index (Phi) is 7.93. The van der Waals surface area contributed by atoms with E-state index in [0.717, 1.165) is 6.08 Å². The summed E-state index contributed by atoms with van der Waals surface area (Å²) >= 11 is 0. The van der Waals surface area contributed by atoms with Crippen molar-refractivity contribution in [2.45, 2.75) is 0 Å². The number of rotatable bonds is 4. The second-order valence-corrected chi connectivity index (χ2v) is 5.02. The molecule has 142 valence electrons. The number of hydrogen-bond acceptors (Lipinski definition) is 7. The molecule has 0 aromatic heterocycles. The standard InChI is InChI=1S/C10H10O4.C9H8O4/c1-14-10(13)5-3-7-2-4-8(11)9(12)6-7;10-7-3-1-6(5-8(7)11)2-4-9(12)13/h2-6,11-12H,1H3;1-5,10-11H,(H,12,13). The van der Waals surface area contributed by atoms with E-state index >= 15 is 0 Å². The lowest BCUT2D eigenvalue weighted by Gasteiger charge is -1.98. The molecule has 8 heteroatoms. The van der Waals surface area contributed by atoms with Crippen molar-refractivity contribution < 1.29 is 39.9 Å². The number of carbonyl (C=O) groups is 2. The van der Waals surface area contributed by atoms with Crippen LogP contribution in [0.1, 0.15) is 11.1 Å². The molecule has 2 rings (SSSR count). The second kappa shape index (κ2) is 10.1. The maximum absolute atomic E-state index is 10.7. The Balaban J connectivity index is 0.000000271. The number of esters is 1. The maximum atomic E-state index is 10.7. The van der Waals surface area contributed by atoms with Crippen molar-refractivity contribution in [1.82, 2.24) is 0 Å². The van der Waals surface area contributed by atoms with Gasteiger partial charge in [0.05, 0.1) is 7.11 Å². The van der Waals surface area contributed by atoms with Gasteiger partial charge in [-0.2, -0.15) is 0 Å². The van der Waals surface area contributed by atoms with Gasteiger partial charge in [-0.05, 0) is 47.5 Å². The zero-order chi connectivity index (χ0) is 20.4. The van der Waals surface area contributed by atoms with Gasteiger partial charge in [0.25, 0.3) is 0 Å². The van der Waals surface area contributed by atoms with E-state index in [2.05, 4.69) is 4.74 Å². The number of ether oxygens (including phenoxy) is 1. The van der Waals surface area contributed by atoms with E-state index in [1.54, 1.807) is 6.07 Å². The summed E-state index contributed by atoms with van der Waals surface area (Å²) in [4.78, 5) is 20.8. The first kappa shape index (κ1) is 21.1. The molecule has 27 heavy (non-hydrogen) atoms. The number of phenols is 4. The molecule has 0 atom stereocenters. The first-order valence-electron chi connectivity index (χ1n) is 7.44. The monoisotopic (exact) mass is 374 g/mol. The van der Waals surface area contributed by atoms with Gasteiger partial charge in [0.15, 0.2) is 23.0 Å². The van der Waals surface area contributed by atoms with E-state index in [0.29, 0.717) is 11.1 Å². The quantitative estimate of drug-likeness (QED) is 0.312. The Morgan fingerprint density at radius 3 is 1.59 bits per heavy atom. The first-order valence-corrected chi connectivity index (χ1v) is 7.44. The van der Waals surface area contributed by atoms with Gasteiger partial charge in [0.2, 0.25) is 0 Å². The molecule has 0 heterocycles. The number of carboxylic acids is 1. The molecule has 0 bridgehead atoms. The van der Waals surface area contributed by atoms with Gasteiger partial charge in [-0.3, -0.25) is 0 Å². The van der Waals surface area contributed by atoms with Crippen LogP contribution in [0.2, 0.25) is 0 Å². The van der Waals surface area contributed by atoms with Gasteiger partial charge in [-0.15, -0.1) is 0 Å². The average Bonchev–Trinajstić information content (AvgIpc) is 2.64. The van der Waals surface area contributed by atoms with Crippen LogP contribution in [0.4, 0.5) is 0 Å². The van der Waals surface area contributed by atoms with Gasteiger partial charge in [-0.25, -0.2) is 9.59 Å². The highest BCUT2D eigenvalue weighted by molar-refractivity contribution is 5.87. The van der Waals surface area contributed by atoms with E-state index in [1.807, 2.05) is 0 Å². The third-order valence-electron chi connectivity index (χ3n) is 3.03. The third kappa shape index (κ3) is 7.65. The first-order chi connectivity index (χ1) is 12.7. The molecule has 0 aliphatic heterocycles. The minimum Gasteiger partial charge on any atom is -0.504 e. The smallest absolute Gasteiger partial charge is 0.330 e. The number of hydrogen-bond donors (Lipinski definition) is 5. The molecule has 0 aliphatic carbocycles. The van der Waals surface area contributed by atoms with Gasteiger partial charge in [-0.1, -0.05) is 12.1 Å². The SMILES string of the molecule is COC(=O)C=Cc1ccc(O)c(O)c1.O=C(O)C=Cc1ccc(O)c(O)c1. The molecule has 0 saturated carbocycles. The molecule has 0 fully saturated rings. The van der Waals surface area contributed by atoms with Gasteiger partial charge >= 0.3 is 11.9 Å². The molecule has 0 unspecified atom stereocenters. The average molecular weight is 374 g/mol. The molecule has 2 aromatic carbocycles. The Morgan fingerprint density at radius 2 is 1.22 bits per heavy atom. The van der Waals surface area contributed by atoms with Crippen LogP contribution in [-0.4, -0.2) is 44.6 Å².